The molecular weight excluding hydrogens is 869 g/mol. The second-order valence-corrected chi connectivity index (χ2v) is 19.3. The summed E-state index contributed by atoms with van der Waals surface area (Å²) in [5.74, 6) is -0.0589. The number of amides is 2. The first kappa shape index (κ1) is 66.1. The van der Waals surface area contributed by atoms with Gasteiger partial charge in [0, 0.05) is 56.5 Å². The maximum atomic E-state index is 11.4. The SMILES string of the molecule is C.CC(C)CCNC(=O)CCC(=O)C(C)C.CC(C)OP(=O)(O)OCCNC(=O)CCC(=O)C(C)C.CC(C)OP(=O)(O)OCOCC(CO)COCOP(=O)(O)OC(C)C. The topological polar surface area (TPSA) is 298 Å². The summed E-state index contributed by atoms with van der Waals surface area (Å²) in [6.45, 7) is 20.3. The van der Waals surface area contributed by atoms with E-state index in [4.69, 9.17) is 9.47 Å². The molecule has 0 saturated carbocycles. The Kier molecular flexibility index (Phi) is 39.9. The van der Waals surface area contributed by atoms with E-state index in [1.54, 1.807) is 55.4 Å². The number of nitrogens with one attached hydrogen (secondary N) is 2. The second-order valence-electron chi connectivity index (χ2n) is 15.1. The fourth-order valence-electron chi connectivity index (χ4n) is 3.76. The highest BCUT2D eigenvalue weighted by Crippen LogP contribution is 2.45. The first-order chi connectivity index (χ1) is 27.5. The van der Waals surface area contributed by atoms with Crippen LogP contribution in [-0.4, -0.2) is 115 Å². The molecule has 3 atom stereocenters. The van der Waals surface area contributed by atoms with Gasteiger partial charge < -0.3 is 39.9 Å². The number of carbonyl (C=O) groups excluding carboxylic acids is 4. The molecule has 0 saturated heterocycles. The smallest absolute Gasteiger partial charge is 0.396 e. The van der Waals surface area contributed by atoms with Crippen LogP contribution in [0.2, 0.25) is 0 Å². The number of phosphoric ester groups is 3. The summed E-state index contributed by atoms with van der Waals surface area (Å²) in [6, 6.07) is 0. The van der Waals surface area contributed by atoms with E-state index >= 15 is 0 Å². The van der Waals surface area contributed by atoms with Gasteiger partial charge in [-0.25, -0.2) is 13.7 Å². The maximum Gasteiger partial charge on any atom is 0.474 e. The molecule has 0 rings (SSSR count). The lowest BCUT2D eigenvalue weighted by Gasteiger charge is -2.18. The zero-order valence-corrected chi connectivity index (χ0v) is 40.2. The van der Waals surface area contributed by atoms with Crippen LogP contribution in [0.3, 0.4) is 0 Å². The van der Waals surface area contributed by atoms with Crippen molar-refractivity contribution < 1.29 is 89.3 Å². The number of aliphatic hydroxyl groups is 1. The molecule has 6 N–H and O–H groups in total. The predicted octanol–water partition coefficient (Wildman–Crippen LogP) is 6.07. The molecule has 0 spiro atoms. The van der Waals surface area contributed by atoms with E-state index in [-0.39, 0.29) is 88.5 Å². The molecule has 0 aliphatic rings. The summed E-state index contributed by atoms with van der Waals surface area (Å²) >= 11 is 0. The Morgan fingerprint density at radius 2 is 0.885 bits per heavy atom. The van der Waals surface area contributed by atoms with Gasteiger partial charge in [-0.1, -0.05) is 49.0 Å². The summed E-state index contributed by atoms with van der Waals surface area (Å²) in [5.41, 5.74) is 0. The van der Waals surface area contributed by atoms with Gasteiger partial charge in [-0.15, -0.1) is 0 Å². The lowest BCUT2D eigenvalue weighted by atomic mass is 10.0. The number of ketones is 2. The summed E-state index contributed by atoms with van der Waals surface area (Å²) in [5, 5.41) is 14.5. The molecule has 0 aromatic rings. The van der Waals surface area contributed by atoms with Crippen LogP contribution in [0.5, 0.6) is 0 Å². The van der Waals surface area contributed by atoms with E-state index in [0.717, 1.165) is 6.42 Å². The van der Waals surface area contributed by atoms with Crippen LogP contribution in [-0.2, 0) is 69.5 Å². The molecule has 0 aliphatic carbocycles. The van der Waals surface area contributed by atoms with Crippen LogP contribution >= 0.6 is 23.5 Å². The summed E-state index contributed by atoms with van der Waals surface area (Å²) in [6.07, 6.45) is 0.579. The zero-order chi connectivity index (χ0) is 47.1. The summed E-state index contributed by atoms with van der Waals surface area (Å²) < 4.78 is 72.0. The minimum atomic E-state index is -4.19. The highest BCUT2D eigenvalue weighted by Gasteiger charge is 2.25. The van der Waals surface area contributed by atoms with Crippen molar-refractivity contribution in [3.8, 4) is 0 Å². The molecule has 0 aromatic heterocycles. The lowest BCUT2D eigenvalue weighted by molar-refractivity contribution is -0.126. The molecule has 3 unspecified atom stereocenters. The third-order valence-electron chi connectivity index (χ3n) is 6.80. The van der Waals surface area contributed by atoms with Crippen molar-refractivity contribution >= 4 is 46.8 Å². The number of rotatable bonds is 32. The Morgan fingerprint density at radius 3 is 1.20 bits per heavy atom. The van der Waals surface area contributed by atoms with Gasteiger partial charge in [0.1, 0.15) is 11.6 Å². The van der Waals surface area contributed by atoms with E-state index in [1.807, 2.05) is 13.8 Å². The average Bonchev–Trinajstić information content (AvgIpc) is 3.09. The summed E-state index contributed by atoms with van der Waals surface area (Å²) in [4.78, 5) is 73.1. The van der Waals surface area contributed by atoms with Gasteiger partial charge >= 0.3 is 23.5 Å². The number of hydrogen-bond acceptors (Lipinski definition) is 16. The number of hydrogen-bond donors (Lipinski definition) is 6. The van der Waals surface area contributed by atoms with Crippen molar-refractivity contribution in [2.24, 2.45) is 23.7 Å². The number of phosphoric acid groups is 3. The first-order valence-corrected chi connectivity index (χ1v) is 24.3. The quantitative estimate of drug-likeness (QED) is 0.0253. The molecule has 0 heterocycles. The van der Waals surface area contributed by atoms with Gasteiger partial charge in [0.2, 0.25) is 11.8 Å². The molecule has 61 heavy (non-hydrogen) atoms. The minimum Gasteiger partial charge on any atom is -0.396 e. The molecule has 24 heteroatoms. The molecule has 0 radical (unpaired) electrons. The third-order valence-corrected chi connectivity index (χ3v) is 10.2. The largest absolute Gasteiger partial charge is 0.474 e. The van der Waals surface area contributed by atoms with Crippen molar-refractivity contribution in [3.05, 3.63) is 0 Å². The Hall–Kier alpha value is -1.51. The van der Waals surface area contributed by atoms with Gasteiger partial charge in [-0.3, -0.25) is 46.3 Å². The van der Waals surface area contributed by atoms with E-state index in [1.165, 1.54) is 0 Å². The van der Waals surface area contributed by atoms with Gasteiger partial charge in [-0.2, -0.15) is 0 Å². The Balaban J connectivity index is -0.000000409. The molecule has 366 valence electrons. The van der Waals surface area contributed by atoms with E-state index in [0.29, 0.717) is 25.3 Å². The van der Waals surface area contributed by atoms with E-state index < -0.39 is 61.3 Å². The minimum absolute atomic E-state index is 0. The second kappa shape index (κ2) is 36.8. The van der Waals surface area contributed by atoms with Crippen molar-refractivity contribution in [1.29, 1.82) is 0 Å². The Morgan fingerprint density at radius 1 is 0.541 bits per heavy atom. The Bertz CT molecular complexity index is 1290. The van der Waals surface area contributed by atoms with Crippen LogP contribution in [0.15, 0.2) is 0 Å². The highest BCUT2D eigenvalue weighted by molar-refractivity contribution is 7.47. The van der Waals surface area contributed by atoms with Crippen LogP contribution in [0.1, 0.15) is 123 Å². The van der Waals surface area contributed by atoms with Crippen molar-refractivity contribution in [1.82, 2.24) is 10.6 Å². The number of Topliss-reactive ketones (excluding diaryl/α,β-unsaturated/α-hetero) is 2. The van der Waals surface area contributed by atoms with Crippen molar-refractivity contribution in [2.75, 3.05) is 53.1 Å². The fraction of sp³-hybridized carbons (Fsp3) is 0.892. The van der Waals surface area contributed by atoms with Crippen molar-refractivity contribution in [2.45, 2.75) is 141 Å². The predicted molar refractivity (Wildman–Crippen MR) is 229 cm³/mol. The number of aliphatic hydroxyl groups excluding tert-OH is 1. The molecule has 0 fully saturated rings. The fourth-order valence-corrected chi connectivity index (χ4v) is 6.28. The molecule has 2 amide bonds. The van der Waals surface area contributed by atoms with E-state index in [9.17, 15) is 52.7 Å². The van der Waals surface area contributed by atoms with Gasteiger partial charge in [0.05, 0.1) is 44.7 Å². The maximum absolute atomic E-state index is 11.4. The number of ether oxygens (including phenoxy) is 2. The normalized spacial score (nSPS) is 14.9. The van der Waals surface area contributed by atoms with Crippen LogP contribution in [0.4, 0.5) is 0 Å². The molecule has 0 aliphatic heterocycles. The first-order valence-electron chi connectivity index (χ1n) is 19.9. The van der Waals surface area contributed by atoms with Crippen LogP contribution in [0, 0.1) is 23.7 Å². The molecule has 0 aromatic carbocycles. The van der Waals surface area contributed by atoms with Gasteiger partial charge in [0.15, 0.2) is 13.6 Å². The van der Waals surface area contributed by atoms with Crippen molar-refractivity contribution in [3.63, 3.8) is 0 Å². The summed E-state index contributed by atoms with van der Waals surface area (Å²) in [7, 11) is -12.4. The van der Waals surface area contributed by atoms with Gasteiger partial charge in [0.25, 0.3) is 0 Å². The highest BCUT2D eigenvalue weighted by atomic mass is 31.2. The number of carbonyl (C=O) groups is 4. The lowest BCUT2D eigenvalue weighted by Crippen LogP contribution is -2.27. The zero-order valence-electron chi connectivity index (χ0n) is 37.5. The molecule has 0 bridgehead atoms. The van der Waals surface area contributed by atoms with E-state index in [2.05, 4.69) is 51.6 Å². The van der Waals surface area contributed by atoms with Crippen LogP contribution < -0.4 is 10.6 Å². The van der Waals surface area contributed by atoms with Crippen LogP contribution in [0.25, 0.3) is 0 Å². The molecule has 21 nitrogen and oxygen atoms in total. The third kappa shape index (κ3) is 46.3. The molecular formula is C37H79N2O19P3. The standard InChI is InChI=1S/C12H24NO6P.C12H23NO2.C12H28O11P2.CH4/c1-9(2)11(14)5-6-12(15)13-7-8-18-20(16,17)19-10(3)4;1-9(2)7-8-13-12(15)6-5-11(14)10(3)4;1-10(2)22-24(14,15)20-8-18-6-12(5-13)7-19-9-21-25(16,17)23-11(3)4;/h9-10H,5-8H2,1-4H3,(H,13,15)(H,16,17);9-10H,5-8H2,1-4H3,(H,13,15);10-13H,5-9H2,1-4H3,(H,14,15)(H,16,17);1H4. The van der Waals surface area contributed by atoms with Gasteiger partial charge in [-0.05, 0) is 53.9 Å². The average molecular weight is 949 g/mol. The monoisotopic (exact) mass is 948 g/mol. The Labute approximate surface area is 363 Å².